The van der Waals surface area contributed by atoms with Gasteiger partial charge in [0.25, 0.3) is 0 Å². The minimum atomic E-state index is -0.158. The molecule has 2 fully saturated rings. The number of esters is 1. The number of nitrogens with one attached hydrogen (secondary N) is 1. The van der Waals surface area contributed by atoms with Crippen molar-refractivity contribution in [1.82, 2.24) is 5.32 Å². The van der Waals surface area contributed by atoms with E-state index in [1.165, 1.54) is 18.9 Å². The zero-order chi connectivity index (χ0) is 19.4. The molecule has 0 aliphatic heterocycles. The Balaban J connectivity index is 1.56. The molecule has 0 bridgehead atoms. The fourth-order valence-electron chi connectivity index (χ4n) is 6.91. The van der Waals surface area contributed by atoms with Crippen LogP contribution in [0.3, 0.4) is 0 Å². The fourth-order valence-corrected chi connectivity index (χ4v) is 6.91. The van der Waals surface area contributed by atoms with Crippen molar-refractivity contribution in [2.24, 2.45) is 28.6 Å². The van der Waals surface area contributed by atoms with E-state index in [1.807, 2.05) is 0 Å². The predicted molar refractivity (Wildman–Crippen MR) is 105 cm³/mol. The van der Waals surface area contributed by atoms with Crippen molar-refractivity contribution in [1.29, 1.82) is 0 Å². The number of carbonyl (C=O) groups is 2. The Labute approximate surface area is 162 Å². The molecule has 1 unspecified atom stereocenters. The maximum Gasteiger partial charge on any atom is 0.302 e. The Hall–Kier alpha value is -1.58. The summed E-state index contributed by atoms with van der Waals surface area (Å²) in [5.74, 6) is 1.91. The minimum absolute atomic E-state index is 0.0480. The number of carbonyl (C=O) groups excluding carboxylic acids is 2. The first-order valence-corrected chi connectivity index (χ1v) is 10.6. The molecule has 0 saturated heterocycles. The van der Waals surface area contributed by atoms with Gasteiger partial charge in [-0.05, 0) is 61.7 Å². The average Bonchev–Trinajstić information content (AvgIpc) is 2.91. The lowest BCUT2D eigenvalue weighted by Gasteiger charge is -2.57. The molecule has 0 aromatic rings. The van der Waals surface area contributed by atoms with E-state index in [0.29, 0.717) is 17.8 Å². The summed E-state index contributed by atoms with van der Waals surface area (Å²) < 4.78 is 5.53. The molecule has 6 atom stereocenters. The van der Waals surface area contributed by atoms with Gasteiger partial charge in [-0.2, -0.15) is 0 Å². The summed E-state index contributed by atoms with van der Waals surface area (Å²) in [6.45, 7) is 7.95. The van der Waals surface area contributed by atoms with E-state index in [2.05, 4.69) is 31.3 Å². The first-order valence-electron chi connectivity index (χ1n) is 10.6. The first-order chi connectivity index (χ1) is 12.7. The molecule has 0 aromatic carbocycles. The smallest absolute Gasteiger partial charge is 0.302 e. The van der Waals surface area contributed by atoms with Crippen molar-refractivity contribution in [2.75, 3.05) is 0 Å². The van der Waals surface area contributed by atoms with Crippen LogP contribution in [0.2, 0.25) is 0 Å². The Bertz CT molecular complexity index is 723. The van der Waals surface area contributed by atoms with Crippen molar-refractivity contribution in [3.8, 4) is 0 Å². The van der Waals surface area contributed by atoms with E-state index in [1.54, 1.807) is 6.92 Å². The summed E-state index contributed by atoms with van der Waals surface area (Å²) >= 11 is 0. The molecule has 0 aromatic heterocycles. The zero-order valence-corrected chi connectivity index (χ0v) is 17.1. The van der Waals surface area contributed by atoms with Gasteiger partial charge in [0.2, 0.25) is 5.91 Å². The molecular weight excluding hydrogens is 338 g/mol. The number of amides is 1. The Morgan fingerprint density at radius 2 is 1.78 bits per heavy atom. The van der Waals surface area contributed by atoms with Crippen LogP contribution in [0.4, 0.5) is 0 Å². The van der Waals surface area contributed by atoms with E-state index in [0.717, 1.165) is 44.2 Å². The highest BCUT2D eigenvalue weighted by Crippen LogP contribution is 2.64. The number of hydrogen-bond acceptors (Lipinski definition) is 3. The van der Waals surface area contributed by atoms with Crippen LogP contribution in [-0.2, 0) is 14.3 Å². The molecule has 27 heavy (non-hydrogen) atoms. The molecule has 4 aliphatic carbocycles. The van der Waals surface area contributed by atoms with Crippen LogP contribution in [0.25, 0.3) is 0 Å². The number of fused-ring (bicyclic) bond motifs is 5. The molecular formula is C23H33NO3. The van der Waals surface area contributed by atoms with Gasteiger partial charge in [0.15, 0.2) is 0 Å². The third kappa shape index (κ3) is 2.96. The molecule has 0 radical (unpaired) electrons. The van der Waals surface area contributed by atoms with Gasteiger partial charge < -0.3 is 10.1 Å². The maximum absolute atomic E-state index is 11.6. The Morgan fingerprint density at radius 3 is 2.48 bits per heavy atom. The third-order valence-electron chi connectivity index (χ3n) is 8.28. The second-order valence-corrected chi connectivity index (χ2v) is 9.72. The summed E-state index contributed by atoms with van der Waals surface area (Å²) in [4.78, 5) is 23.0. The lowest BCUT2D eigenvalue weighted by Crippen LogP contribution is -2.51. The lowest BCUT2D eigenvalue weighted by molar-refractivity contribution is -0.148. The highest BCUT2D eigenvalue weighted by Gasteiger charge is 2.57. The van der Waals surface area contributed by atoms with Gasteiger partial charge in [0, 0.05) is 31.4 Å². The van der Waals surface area contributed by atoms with Gasteiger partial charge in [-0.3, -0.25) is 9.59 Å². The van der Waals surface area contributed by atoms with Crippen LogP contribution in [-0.4, -0.2) is 18.0 Å². The van der Waals surface area contributed by atoms with Crippen molar-refractivity contribution >= 4 is 11.9 Å². The molecule has 2 saturated carbocycles. The summed E-state index contributed by atoms with van der Waals surface area (Å²) in [6, 6.07) is 0. The second-order valence-electron chi connectivity index (χ2n) is 9.72. The first kappa shape index (κ1) is 18.8. The summed E-state index contributed by atoms with van der Waals surface area (Å²) in [5, 5.41) is 3.13. The molecule has 1 amide bonds. The lowest BCUT2D eigenvalue weighted by atomic mass is 9.48. The van der Waals surface area contributed by atoms with E-state index in [4.69, 9.17) is 4.74 Å². The van der Waals surface area contributed by atoms with Gasteiger partial charge in [-0.25, -0.2) is 0 Å². The highest BCUT2D eigenvalue weighted by molar-refractivity contribution is 5.75. The summed E-state index contributed by atoms with van der Waals surface area (Å²) in [5.41, 5.74) is 3.05. The molecule has 148 valence electrons. The van der Waals surface area contributed by atoms with Gasteiger partial charge in [0.1, 0.15) is 6.10 Å². The quantitative estimate of drug-likeness (QED) is 0.574. The SMILES string of the molecule is CC(=O)NC1=CC[C@H]2[C@@H]3CC=C4CC(OC(C)=O)CC[C@]4(C)[C@H]3CC[C@]12C. The van der Waals surface area contributed by atoms with E-state index < -0.39 is 0 Å². The van der Waals surface area contributed by atoms with Crippen LogP contribution < -0.4 is 5.32 Å². The standard InChI is InChI=1S/C23H33NO3/c1-14(25)24-21-8-7-19-18-6-5-16-13-17(27-15(2)26)9-11-22(16,3)20(18)10-12-23(19,21)4/h5,8,17-20H,6-7,9-13H2,1-4H3,(H,24,25)/t17?,18-,19-,20-,22-,23-/m0/s1. The monoisotopic (exact) mass is 371 g/mol. The summed E-state index contributed by atoms with van der Waals surface area (Å²) in [6.07, 6.45) is 12.4. The largest absolute Gasteiger partial charge is 0.462 e. The van der Waals surface area contributed by atoms with Crippen LogP contribution in [0, 0.1) is 28.6 Å². The van der Waals surface area contributed by atoms with Crippen molar-refractivity contribution < 1.29 is 14.3 Å². The van der Waals surface area contributed by atoms with Crippen LogP contribution in [0.5, 0.6) is 0 Å². The maximum atomic E-state index is 11.6. The molecule has 0 heterocycles. The van der Waals surface area contributed by atoms with Gasteiger partial charge >= 0.3 is 5.97 Å². The average molecular weight is 372 g/mol. The number of ether oxygens (including phenoxy) is 1. The topological polar surface area (TPSA) is 55.4 Å². The Morgan fingerprint density at radius 1 is 1.04 bits per heavy atom. The van der Waals surface area contributed by atoms with Crippen LogP contribution >= 0.6 is 0 Å². The molecule has 4 rings (SSSR count). The van der Waals surface area contributed by atoms with Crippen molar-refractivity contribution in [3.63, 3.8) is 0 Å². The van der Waals surface area contributed by atoms with Crippen LogP contribution in [0.15, 0.2) is 23.4 Å². The Kier molecular flexibility index (Phi) is 4.51. The molecule has 1 N–H and O–H groups in total. The molecule has 4 heteroatoms. The van der Waals surface area contributed by atoms with Crippen LogP contribution in [0.1, 0.15) is 72.6 Å². The van der Waals surface area contributed by atoms with E-state index in [-0.39, 0.29) is 28.8 Å². The van der Waals surface area contributed by atoms with Gasteiger partial charge in [-0.1, -0.05) is 31.6 Å². The minimum Gasteiger partial charge on any atom is -0.462 e. The molecule has 4 nitrogen and oxygen atoms in total. The van der Waals surface area contributed by atoms with E-state index in [9.17, 15) is 9.59 Å². The zero-order valence-electron chi connectivity index (χ0n) is 17.1. The number of allylic oxidation sites excluding steroid dienone is 3. The normalized spacial score (nSPS) is 42.8. The highest BCUT2D eigenvalue weighted by atomic mass is 16.5. The second kappa shape index (κ2) is 6.49. The number of rotatable bonds is 2. The van der Waals surface area contributed by atoms with Crippen molar-refractivity contribution in [3.05, 3.63) is 23.4 Å². The van der Waals surface area contributed by atoms with Crippen molar-refractivity contribution in [2.45, 2.75) is 78.7 Å². The van der Waals surface area contributed by atoms with Gasteiger partial charge in [-0.15, -0.1) is 0 Å². The third-order valence-corrected chi connectivity index (χ3v) is 8.28. The van der Waals surface area contributed by atoms with E-state index >= 15 is 0 Å². The molecule has 4 aliphatic rings. The van der Waals surface area contributed by atoms with Gasteiger partial charge in [0.05, 0.1) is 0 Å². The number of hydrogen-bond donors (Lipinski definition) is 1. The summed E-state index contributed by atoms with van der Waals surface area (Å²) in [7, 11) is 0. The predicted octanol–water partition coefficient (Wildman–Crippen LogP) is 4.51. The molecule has 0 spiro atoms. The fraction of sp³-hybridized carbons (Fsp3) is 0.739.